The summed E-state index contributed by atoms with van der Waals surface area (Å²) in [5.74, 6) is 1.16. The lowest BCUT2D eigenvalue weighted by Gasteiger charge is -2.10. The maximum atomic E-state index is 12.9. The van der Waals surface area contributed by atoms with Gasteiger partial charge in [-0.05, 0) is 67.8 Å². The Hall–Kier alpha value is -3.95. The Kier molecular flexibility index (Phi) is 4.96. The third-order valence-electron chi connectivity index (χ3n) is 5.39. The first-order valence-electron chi connectivity index (χ1n) is 10.6. The molecule has 0 radical (unpaired) electrons. The molecule has 4 aromatic heterocycles. The lowest BCUT2D eigenvalue weighted by atomic mass is 10.2. The highest BCUT2D eigenvalue weighted by molar-refractivity contribution is 6.02. The van der Waals surface area contributed by atoms with Crippen molar-refractivity contribution in [2.24, 2.45) is 0 Å². The van der Waals surface area contributed by atoms with Gasteiger partial charge in [0.05, 0.1) is 23.8 Å². The average Bonchev–Trinajstić information content (AvgIpc) is 3.31. The number of carbonyl (C=O) groups excluding carboxylic acids is 1. The topological polar surface area (TPSA) is 116 Å². The van der Waals surface area contributed by atoms with Gasteiger partial charge in [-0.3, -0.25) is 9.78 Å². The van der Waals surface area contributed by atoms with Crippen molar-refractivity contribution in [2.75, 3.05) is 5.32 Å². The van der Waals surface area contributed by atoms with Gasteiger partial charge in [0.25, 0.3) is 5.91 Å². The first-order valence-corrected chi connectivity index (χ1v) is 10.6. The molecule has 0 atom stereocenters. The van der Waals surface area contributed by atoms with E-state index < -0.39 is 0 Å². The van der Waals surface area contributed by atoms with E-state index in [1.807, 2.05) is 31.5 Å². The number of carbonyl (C=O) groups is 1. The highest BCUT2D eigenvalue weighted by Crippen LogP contribution is 2.39. The van der Waals surface area contributed by atoms with Crippen LogP contribution in [0.3, 0.4) is 0 Å². The Morgan fingerprint density at radius 3 is 2.84 bits per heavy atom. The van der Waals surface area contributed by atoms with Crippen molar-refractivity contribution in [3.8, 4) is 17.2 Å². The molecule has 4 heterocycles. The van der Waals surface area contributed by atoms with E-state index in [2.05, 4.69) is 35.8 Å². The van der Waals surface area contributed by atoms with Gasteiger partial charge >= 0.3 is 0 Å². The molecular weight excluding hydrogens is 406 g/mol. The van der Waals surface area contributed by atoms with Crippen molar-refractivity contribution in [2.45, 2.75) is 45.6 Å². The first kappa shape index (κ1) is 20.0. The Bertz CT molecular complexity index is 1290. The van der Waals surface area contributed by atoms with E-state index in [1.54, 1.807) is 41.5 Å². The molecule has 0 aliphatic heterocycles. The van der Waals surface area contributed by atoms with Gasteiger partial charge in [0.15, 0.2) is 0 Å². The molecule has 1 N–H and O–H groups in total. The molecule has 10 nitrogen and oxygen atoms in total. The summed E-state index contributed by atoms with van der Waals surface area (Å²) in [5.41, 5.74) is 3.80. The van der Waals surface area contributed by atoms with Gasteiger partial charge in [-0.25, -0.2) is 14.6 Å². The van der Waals surface area contributed by atoms with E-state index in [4.69, 9.17) is 0 Å². The zero-order valence-corrected chi connectivity index (χ0v) is 18.1. The lowest BCUT2D eigenvalue weighted by molar-refractivity contribution is 0.102. The number of hydrogen-bond acceptors (Lipinski definition) is 7. The van der Waals surface area contributed by atoms with E-state index in [-0.39, 0.29) is 11.9 Å². The fourth-order valence-corrected chi connectivity index (χ4v) is 3.49. The fourth-order valence-electron chi connectivity index (χ4n) is 3.49. The highest BCUT2D eigenvalue weighted by Gasteiger charge is 2.26. The molecule has 32 heavy (non-hydrogen) atoms. The normalized spacial score (nSPS) is 13.5. The quantitative estimate of drug-likeness (QED) is 0.500. The second-order valence-corrected chi connectivity index (χ2v) is 8.24. The molecule has 1 aliphatic carbocycles. The van der Waals surface area contributed by atoms with Crippen LogP contribution in [0.5, 0.6) is 0 Å². The van der Waals surface area contributed by atoms with Gasteiger partial charge in [-0.15, -0.1) is 5.10 Å². The molecule has 1 saturated carbocycles. The van der Waals surface area contributed by atoms with Crippen LogP contribution in [0.25, 0.3) is 17.2 Å². The van der Waals surface area contributed by atoms with Gasteiger partial charge in [-0.1, -0.05) is 6.07 Å². The molecule has 4 aromatic rings. The van der Waals surface area contributed by atoms with E-state index in [0.29, 0.717) is 28.9 Å². The summed E-state index contributed by atoms with van der Waals surface area (Å²) in [6.07, 6.45) is 7.90. The number of anilines is 1. The third-order valence-corrected chi connectivity index (χ3v) is 5.39. The van der Waals surface area contributed by atoms with Crippen molar-refractivity contribution in [3.05, 3.63) is 59.9 Å². The van der Waals surface area contributed by atoms with Crippen LogP contribution >= 0.6 is 0 Å². The molecule has 0 bridgehead atoms. The minimum Gasteiger partial charge on any atom is -0.306 e. The maximum absolute atomic E-state index is 12.9. The van der Waals surface area contributed by atoms with Crippen LogP contribution < -0.4 is 5.32 Å². The van der Waals surface area contributed by atoms with Crippen LogP contribution in [0.4, 0.5) is 5.82 Å². The predicted molar refractivity (Wildman–Crippen MR) is 117 cm³/mol. The summed E-state index contributed by atoms with van der Waals surface area (Å²) >= 11 is 0. The molecular formula is C22H23N9O. The molecule has 10 heteroatoms. The smallest absolute Gasteiger partial charge is 0.275 e. The predicted octanol–water partition coefficient (Wildman–Crippen LogP) is 3.33. The fraction of sp³-hybridized carbons (Fsp3) is 0.318. The van der Waals surface area contributed by atoms with E-state index >= 15 is 0 Å². The Morgan fingerprint density at radius 2 is 2.06 bits per heavy atom. The number of hydrogen-bond donors (Lipinski definition) is 1. The number of tetrazole rings is 1. The first-order chi connectivity index (χ1) is 15.5. The summed E-state index contributed by atoms with van der Waals surface area (Å²) in [6, 6.07) is 7.18. The number of nitrogens with zero attached hydrogens (tertiary/aromatic N) is 8. The van der Waals surface area contributed by atoms with Crippen LogP contribution in [0.15, 0.2) is 43.0 Å². The van der Waals surface area contributed by atoms with Gasteiger partial charge in [0, 0.05) is 18.3 Å². The standard InChI is InChI=1S/C22H23N9O/c1-13(2)31-21(27-28-29-31)16-5-4-6-20(25-16)26-22(32)17-9-19(14(3)10-23-17)30-11-18(24-12-30)15-7-8-15/h4-6,9-13,15H,7-8H2,1-3H3,(H,25,26,32). The molecule has 0 spiro atoms. The Morgan fingerprint density at radius 1 is 1.22 bits per heavy atom. The number of amides is 1. The number of aryl methyl sites for hydroxylation is 1. The van der Waals surface area contributed by atoms with Gasteiger partial charge in [-0.2, -0.15) is 0 Å². The van der Waals surface area contributed by atoms with Crippen molar-refractivity contribution in [1.29, 1.82) is 0 Å². The van der Waals surface area contributed by atoms with Gasteiger partial charge < -0.3 is 9.88 Å². The number of imidazole rings is 1. The molecule has 162 valence electrons. The number of nitrogens with one attached hydrogen (secondary N) is 1. The number of rotatable bonds is 6. The number of aromatic nitrogens is 8. The second kappa shape index (κ2) is 7.95. The Labute approximate surface area is 184 Å². The molecule has 0 aromatic carbocycles. The maximum Gasteiger partial charge on any atom is 0.275 e. The molecule has 5 rings (SSSR count). The molecule has 0 unspecified atom stereocenters. The molecule has 1 amide bonds. The van der Waals surface area contributed by atoms with Crippen LogP contribution in [0, 0.1) is 6.92 Å². The van der Waals surface area contributed by atoms with Gasteiger partial charge in [0.2, 0.25) is 5.82 Å². The van der Waals surface area contributed by atoms with Crippen molar-refractivity contribution in [1.82, 2.24) is 39.7 Å². The second-order valence-electron chi connectivity index (χ2n) is 8.24. The summed E-state index contributed by atoms with van der Waals surface area (Å²) < 4.78 is 3.63. The van der Waals surface area contributed by atoms with Crippen molar-refractivity contribution in [3.63, 3.8) is 0 Å². The van der Waals surface area contributed by atoms with E-state index in [0.717, 1.165) is 16.9 Å². The van der Waals surface area contributed by atoms with Gasteiger partial charge in [0.1, 0.15) is 17.2 Å². The summed E-state index contributed by atoms with van der Waals surface area (Å²) in [5, 5.41) is 14.6. The number of pyridine rings is 2. The van der Waals surface area contributed by atoms with Crippen LogP contribution in [0.2, 0.25) is 0 Å². The molecule has 0 saturated heterocycles. The summed E-state index contributed by atoms with van der Waals surface area (Å²) in [4.78, 5) is 26.3. The highest BCUT2D eigenvalue weighted by atomic mass is 16.1. The third kappa shape index (κ3) is 3.86. The average molecular weight is 429 g/mol. The van der Waals surface area contributed by atoms with Crippen molar-refractivity contribution >= 4 is 11.7 Å². The van der Waals surface area contributed by atoms with Crippen LogP contribution in [-0.2, 0) is 0 Å². The minimum absolute atomic E-state index is 0.0823. The monoisotopic (exact) mass is 429 g/mol. The van der Waals surface area contributed by atoms with Crippen LogP contribution in [-0.4, -0.2) is 45.6 Å². The lowest BCUT2D eigenvalue weighted by Crippen LogP contribution is -2.16. The SMILES string of the molecule is Cc1cnc(C(=O)Nc2cccc(-c3nnnn3C(C)C)n2)cc1-n1cnc(C2CC2)c1. The van der Waals surface area contributed by atoms with E-state index in [1.165, 1.54) is 12.8 Å². The largest absolute Gasteiger partial charge is 0.306 e. The molecule has 1 aliphatic rings. The van der Waals surface area contributed by atoms with Crippen LogP contribution in [0.1, 0.15) is 60.4 Å². The van der Waals surface area contributed by atoms with Crippen molar-refractivity contribution < 1.29 is 4.79 Å². The zero-order valence-electron chi connectivity index (χ0n) is 18.1. The van der Waals surface area contributed by atoms with E-state index in [9.17, 15) is 4.79 Å². The summed E-state index contributed by atoms with van der Waals surface area (Å²) in [7, 11) is 0. The Balaban J connectivity index is 1.39. The minimum atomic E-state index is -0.345. The zero-order chi connectivity index (χ0) is 22.2. The summed E-state index contributed by atoms with van der Waals surface area (Å²) in [6.45, 7) is 5.94. The molecule has 1 fully saturated rings.